The highest BCUT2D eigenvalue weighted by atomic mass is 32.2. The fraction of sp³-hybridized carbons (Fsp3) is 1.00. The second-order valence-corrected chi connectivity index (χ2v) is 3.10. The first kappa shape index (κ1) is 8.53. The van der Waals surface area contributed by atoms with Gasteiger partial charge in [0.25, 0.3) is 0 Å². The number of rotatable bonds is 4. The van der Waals surface area contributed by atoms with Crippen LogP contribution in [0.2, 0.25) is 0 Å². The summed E-state index contributed by atoms with van der Waals surface area (Å²) in [6.07, 6.45) is 3.80. The maximum atomic E-state index is 5.26. The number of hydrogen-bond acceptors (Lipinski definition) is 2. The van der Waals surface area contributed by atoms with Crippen LogP contribution in [0.15, 0.2) is 0 Å². The van der Waals surface area contributed by atoms with Gasteiger partial charge in [0.2, 0.25) is 0 Å². The summed E-state index contributed by atoms with van der Waals surface area (Å²) in [5.74, 6) is 1.15. The molecule has 0 aromatic carbocycles. The predicted octanol–water partition coefficient (Wildman–Crippen LogP) is 0.425. The van der Waals surface area contributed by atoms with Crippen LogP contribution in [0, 0.1) is 0 Å². The molecule has 0 radical (unpaired) electrons. The topological polar surface area (TPSA) is 9.23 Å². The van der Waals surface area contributed by atoms with Gasteiger partial charge in [-0.2, -0.15) is 11.8 Å². The molecule has 3 heteroatoms. The molecule has 0 heterocycles. The molecule has 0 amide bonds. The molecule has 0 aliphatic rings. The molecule has 1 atom stereocenters. The molecule has 0 fully saturated rings. The van der Waals surface area contributed by atoms with E-state index < -0.39 is 0 Å². The van der Waals surface area contributed by atoms with Crippen molar-refractivity contribution in [1.29, 1.82) is 0 Å². The number of thioether (sulfide) groups is 1. The van der Waals surface area contributed by atoms with Gasteiger partial charge >= 0.3 is 0 Å². The van der Waals surface area contributed by atoms with E-state index in [4.69, 9.17) is 4.43 Å². The Morgan fingerprint density at radius 2 is 2.38 bits per heavy atom. The van der Waals surface area contributed by atoms with Gasteiger partial charge in [-0.3, -0.25) is 0 Å². The summed E-state index contributed by atoms with van der Waals surface area (Å²) in [5.41, 5.74) is 0. The lowest BCUT2D eigenvalue weighted by atomic mass is 10.3. The predicted molar refractivity (Wildman–Crippen MR) is 43.5 cm³/mol. The molecule has 0 aromatic heterocycles. The third-order valence-electron chi connectivity index (χ3n) is 1.14. The van der Waals surface area contributed by atoms with E-state index in [0.717, 1.165) is 22.7 Å². The second-order valence-electron chi connectivity index (χ2n) is 1.72. The molecular formula is C5H14OSSi. The molecule has 0 saturated carbocycles. The van der Waals surface area contributed by atoms with Gasteiger partial charge in [0.05, 0.1) is 6.10 Å². The summed E-state index contributed by atoms with van der Waals surface area (Å²) in [6, 6.07) is 0. The fourth-order valence-corrected chi connectivity index (χ4v) is 2.02. The van der Waals surface area contributed by atoms with Crippen LogP contribution >= 0.6 is 11.8 Å². The van der Waals surface area contributed by atoms with Crippen molar-refractivity contribution in [1.82, 2.24) is 0 Å². The first-order chi connectivity index (χ1) is 3.85. The molecule has 1 unspecified atom stereocenters. The van der Waals surface area contributed by atoms with Crippen molar-refractivity contribution in [2.45, 2.75) is 19.4 Å². The van der Waals surface area contributed by atoms with Gasteiger partial charge in [0.1, 0.15) is 10.5 Å². The minimum atomic E-state index is 0.525. The van der Waals surface area contributed by atoms with Gasteiger partial charge in [-0.1, -0.05) is 6.92 Å². The average Bonchev–Trinajstić information content (AvgIpc) is 1.83. The fourth-order valence-electron chi connectivity index (χ4n) is 0.538. The Labute approximate surface area is 58.7 Å². The Kier molecular flexibility index (Phi) is 6.03. The van der Waals surface area contributed by atoms with Crippen molar-refractivity contribution in [3.05, 3.63) is 0 Å². The molecule has 1 nitrogen and oxygen atoms in total. The van der Waals surface area contributed by atoms with Crippen molar-refractivity contribution in [2.24, 2.45) is 0 Å². The molecule has 0 aliphatic carbocycles. The van der Waals surface area contributed by atoms with E-state index in [9.17, 15) is 0 Å². The largest absolute Gasteiger partial charge is 0.424 e. The van der Waals surface area contributed by atoms with E-state index in [0.29, 0.717) is 6.10 Å². The van der Waals surface area contributed by atoms with Crippen LogP contribution in [-0.4, -0.2) is 28.6 Å². The molecule has 0 aliphatic heterocycles. The van der Waals surface area contributed by atoms with Crippen molar-refractivity contribution in [3.63, 3.8) is 0 Å². The highest BCUT2D eigenvalue weighted by Crippen LogP contribution is 2.02. The first-order valence-corrected chi connectivity index (χ1v) is 5.07. The van der Waals surface area contributed by atoms with Crippen LogP contribution in [0.3, 0.4) is 0 Å². The number of hydrogen-bond donors (Lipinski definition) is 0. The second kappa shape index (κ2) is 5.66. The van der Waals surface area contributed by atoms with Crippen LogP contribution in [0.4, 0.5) is 0 Å². The molecule has 0 N–H and O–H groups in total. The molecule has 0 rings (SSSR count). The summed E-state index contributed by atoms with van der Waals surface area (Å²) in [4.78, 5) is 0. The third kappa shape index (κ3) is 3.52. The van der Waals surface area contributed by atoms with E-state index in [-0.39, 0.29) is 0 Å². The van der Waals surface area contributed by atoms with E-state index >= 15 is 0 Å². The Morgan fingerprint density at radius 3 is 2.50 bits per heavy atom. The monoisotopic (exact) mass is 150 g/mol. The highest BCUT2D eigenvalue weighted by molar-refractivity contribution is 7.98. The van der Waals surface area contributed by atoms with Gasteiger partial charge in [-0.15, -0.1) is 0 Å². The molecule has 0 aromatic rings. The first-order valence-electron chi connectivity index (χ1n) is 2.86. The zero-order chi connectivity index (χ0) is 6.41. The molecule has 0 spiro atoms. The van der Waals surface area contributed by atoms with E-state index in [1.807, 2.05) is 11.8 Å². The maximum Gasteiger partial charge on any atom is 0.146 e. The Bertz CT molecular complexity index is 47.7. The summed E-state index contributed by atoms with van der Waals surface area (Å²) in [6.45, 7) is 2.17. The molecular weight excluding hydrogens is 136 g/mol. The lowest BCUT2D eigenvalue weighted by Crippen LogP contribution is -2.12. The van der Waals surface area contributed by atoms with Crippen LogP contribution in [-0.2, 0) is 4.43 Å². The molecule has 0 saturated heterocycles. The molecule has 50 valence electrons. The third-order valence-corrected chi connectivity index (χ3v) is 2.51. The zero-order valence-electron chi connectivity index (χ0n) is 5.81. The summed E-state index contributed by atoms with van der Waals surface area (Å²) >= 11 is 1.86. The van der Waals surface area contributed by atoms with E-state index in [1.165, 1.54) is 0 Å². The Balaban J connectivity index is 3.07. The summed E-state index contributed by atoms with van der Waals surface area (Å²) in [7, 11) is 0.883. The van der Waals surface area contributed by atoms with Gasteiger partial charge in [0, 0.05) is 5.75 Å². The summed E-state index contributed by atoms with van der Waals surface area (Å²) in [5, 5.41) is 0. The summed E-state index contributed by atoms with van der Waals surface area (Å²) < 4.78 is 5.26. The van der Waals surface area contributed by atoms with Crippen LogP contribution < -0.4 is 0 Å². The highest BCUT2D eigenvalue weighted by Gasteiger charge is 1.99. The molecule has 0 bridgehead atoms. The van der Waals surface area contributed by atoms with Crippen LogP contribution in [0.5, 0.6) is 0 Å². The molecule has 8 heavy (non-hydrogen) atoms. The van der Waals surface area contributed by atoms with Gasteiger partial charge in [-0.25, -0.2) is 0 Å². The smallest absolute Gasteiger partial charge is 0.146 e. The van der Waals surface area contributed by atoms with E-state index in [1.54, 1.807) is 0 Å². The van der Waals surface area contributed by atoms with Crippen LogP contribution in [0.25, 0.3) is 0 Å². The SMILES string of the molecule is CCC(CSC)O[SiH3]. The van der Waals surface area contributed by atoms with Gasteiger partial charge in [-0.05, 0) is 12.7 Å². The van der Waals surface area contributed by atoms with Crippen molar-refractivity contribution < 1.29 is 4.43 Å². The lowest BCUT2D eigenvalue weighted by Gasteiger charge is -2.10. The van der Waals surface area contributed by atoms with Crippen molar-refractivity contribution in [2.75, 3.05) is 12.0 Å². The Hall–Kier alpha value is 0.527. The van der Waals surface area contributed by atoms with E-state index in [2.05, 4.69) is 13.2 Å². The van der Waals surface area contributed by atoms with Crippen molar-refractivity contribution >= 4 is 22.2 Å². The normalized spacial score (nSPS) is 14.2. The van der Waals surface area contributed by atoms with Gasteiger partial charge < -0.3 is 4.43 Å². The Morgan fingerprint density at radius 1 is 1.75 bits per heavy atom. The van der Waals surface area contributed by atoms with Crippen LogP contribution in [0.1, 0.15) is 13.3 Å². The van der Waals surface area contributed by atoms with Crippen molar-refractivity contribution in [3.8, 4) is 0 Å². The van der Waals surface area contributed by atoms with Gasteiger partial charge in [0.15, 0.2) is 0 Å². The zero-order valence-corrected chi connectivity index (χ0v) is 8.62. The average molecular weight is 150 g/mol. The quantitative estimate of drug-likeness (QED) is 0.537. The standard InChI is InChI=1S/C5H14OSSi/c1-3-5(6-8)4-7-2/h5H,3-4H2,1-2,8H3. The minimum absolute atomic E-state index is 0.525. The maximum absolute atomic E-state index is 5.26. The minimum Gasteiger partial charge on any atom is -0.424 e. The lowest BCUT2D eigenvalue weighted by molar-refractivity contribution is 0.244.